The summed E-state index contributed by atoms with van der Waals surface area (Å²) in [6.45, 7) is 7.33. The van der Waals surface area contributed by atoms with E-state index in [-0.39, 0.29) is 11.6 Å². The number of hydrogen-bond donors (Lipinski definition) is 1. The van der Waals surface area contributed by atoms with Crippen molar-refractivity contribution in [1.82, 2.24) is 9.71 Å². The highest BCUT2D eigenvalue weighted by atomic mass is 32.2. The first-order chi connectivity index (χ1) is 8.31. The molecule has 102 valence electrons. The lowest BCUT2D eigenvalue weighted by Crippen LogP contribution is -2.28. The van der Waals surface area contributed by atoms with Crippen LogP contribution in [-0.2, 0) is 14.8 Å². The maximum atomic E-state index is 11.8. The maximum absolute atomic E-state index is 11.8. The fourth-order valence-electron chi connectivity index (χ4n) is 1.16. The number of aromatic nitrogens is 1. The van der Waals surface area contributed by atoms with E-state index in [9.17, 15) is 8.42 Å². The van der Waals surface area contributed by atoms with E-state index in [0.29, 0.717) is 6.61 Å². The number of nitrogens with one attached hydrogen (secondary N) is 1. The molecule has 0 atom stereocenters. The Kier molecular flexibility index (Phi) is 5.45. The standard InChI is InChI=1S/C11H20N2O3SSi/c1-18(2,3)8-7-16-10-13-17(14,15)11-5-4-6-12-9-11/h4-6,9,13H,7-8,10H2,1-3H3. The quantitative estimate of drug-likeness (QED) is 0.471. The van der Waals surface area contributed by atoms with Crippen LogP contribution in [0.4, 0.5) is 0 Å². The molecule has 1 heterocycles. The second kappa shape index (κ2) is 6.42. The van der Waals surface area contributed by atoms with Gasteiger partial charge in [0.1, 0.15) is 11.6 Å². The average molecular weight is 288 g/mol. The highest BCUT2D eigenvalue weighted by molar-refractivity contribution is 7.89. The van der Waals surface area contributed by atoms with E-state index < -0.39 is 18.1 Å². The molecule has 0 unspecified atom stereocenters. The van der Waals surface area contributed by atoms with Crippen LogP contribution < -0.4 is 4.72 Å². The van der Waals surface area contributed by atoms with Gasteiger partial charge in [-0.3, -0.25) is 4.98 Å². The van der Waals surface area contributed by atoms with Crippen molar-refractivity contribution in [2.75, 3.05) is 13.3 Å². The Morgan fingerprint density at radius 3 is 2.67 bits per heavy atom. The van der Waals surface area contributed by atoms with Gasteiger partial charge in [0, 0.05) is 27.1 Å². The molecule has 0 radical (unpaired) electrons. The summed E-state index contributed by atoms with van der Waals surface area (Å²) in [6, 6.07) is 4.10. The molecule has 0 spiro atoms. The summed E-state index contributed by atoms with van der Waals surface area (Å²) < 4.78 is 31.2. The summed E-state index contributed by atoms with van der Waals surface area (Å²) in [5.41, 5.74) is 0. The summed E-state index contributed by atoms with van der Waals surface area (Å²) >= 11 is 0. The lowest BCUT2D eigenvalue weighted by Gasteiger charge is -2.15. The number of pyridine rings is 1. The predicted molar refractivity (Wildman–Crippen MR) is 73.5 cm³/mol. The van der Waals surface area contributed by atoms with Crippen LogP contribution in [0.5, 0.6) is 0 Å². The summed E-state index contributed by atoms with van der Waals surface area (Å²) in [5, 5.41) is 0. The Morgan fingerprint density at radius 2 is 2.11 bits per heavy atom. The molecule has 0 amide bonds. The fraction of sp³-hybridized carbons (Fsp3) is 0.545. The van der Waals surface area contributed by atoms with E-state index in [0.717, 1.165) is 6.04 Å². The molecule has 0 aliphatic heterocycles. The van der Waals surface area contributed by atoms with Crippen molar-refractivity contribution in [2.24, 2.45) is 0 Å². The SMILES string of the molecule is C[Si](C)(C)CCOCNS(=O)(=O)c1cccnc1. The first-order valence-corrected chi connectivity index (χ1v) is 11.0. The van der Waals surface area contributed by atoms with Gasteiger partial charge in [0.05, 0.1) is 0 Å². The molecule has 0 aromatic carbocycles. The third kappa shape index (κ3) is 5.72. The first-order valence-electron chi connectivity index (χ1n) is 5.79. The summed E-state index contributed by atoms with van der Waals surface area (Å²) in [4.78, 5) is 3.92. The highest BCUT2D eigenvalue weighted by Crippen LogP contribution is 2.08. The molecule has 5 nitrogen and oxygen atoms in total. The minimum absolute atomic E-state index is 0.00169. The van der Waals surface area contributed by atoms with Gasteiger partial charge >= 0.3 is 0 Å². The molecule has 1 N–H and O–H groups in total. The number of ether oxygens (including phenoxy) is 1. The maximum Gasteiger partial charge on any atom is 0.244 e. The van der Waals surface area contributed by atoms with Crippen LogP contribution in [-0.4, -0.2) is 34.8 Å². The van der Waals surface area contributed by atoms with Gasteiger partial charge in [-0.15, -0.1) is 0 Å². The Balaban J connectivity index is 2.36. The number of nitrogens with zero attached hydrogens (tertiary/aromatic N) is 1. The van der Waals surface area contributed by atoms with Gasteiger partial charge in [0.15, 0.2) is 0 Å². The van der Waals surface area contributed by atoms with Crippen LogP contribution >= 0.6 is 0 Å². The second-order valence-corrected chi connectivity index (χ2v) is 12.6. The van der Waals surface area contributed by atoms with Gasteiger partial charge in [-0.2, -0.15) is 4.72 Å². The van der Waals surface area contributed by atoms with Crippen LogP contribution in [0.15, 0.2) is 29.4 Å². The number of sulfonamides is 1. The Morgan fingerprint density at radius 1 is 1.39 bits per heavy atom. The molecular formula is C11H20N2O3SSi. The lowest BCUT2D eigenvalue weighted by molar-refractivity contribution is 0.143. The number of hydrogen-bond acceptors (Lipinski definition) is 4. The van der Waals surface area contributed by atoms with Crippen LogP contribution in [0.25, 0.3) is 0 Å². The molecular weight excluding hydrogens is 268 g/mol. The molecule has 7 heteroatoms. The van der Waals surface area contributed by atoms with Crippen LogP contribution in [0.2, 0.25) is 25.7 Å². The molecule has 0 aliphatic rings. The van der Waals surface area contributed by atoms with Gasteiger partial charge in [0.25, 0.3) is 0 Å². The fourth-order valence-corrected chi connectivity index (χ4v) is 2.78. The smallest absolute Gasteiger partial charge is 0.244 e. The molecule has 0 aliphatic carbocycles. The van der Waals surface area contributed by atoms with E-state index in [2.05, 4.69) is 29.3 Å². The van der Waals surface area contributed by atoms with Crippen molar-refractivity contribution in [2.45, 2.75) is 30.6 Å². The van der Waals surface area contributed by atoms with Crippen LogP contribution in [0.3, 0.4) is 0 Å². The van der Waals surface area contributed by atoms with Crippen LogP contribution in [0, 0.1) is 0 Å². The topological polar surface area (TPSA) is 68.3 Å². The monoisotopic (exact) mass is 288 g/mol. The minimum atomic E-state index is -3.50. The Bertz CT molecular complexity index is 457. The molecule has 1 aromatic rings. The molecule has 0 saturated carbocycles. The third-order valence-corrected chi connectivity index (χ3v) is 5.36. The molecule has 0 saturated heterocycles. The van der Waals surface area contributed by atoms with Gasteiger partial charge in [0.2, 0.25) is 10.0 Å². The van der Waals surface area contributed by atoms with Gasteiger partial charge < -0.3 is 4.74 Å². The zero-order valence-electron chi connectivity index (χ0n) is 11.0. The predicted octanol–water partition coefficient (Wildman–Crippen LogP) is 1.67. The van der Waals surface area contributed by atoms with Crippen molar-refractivity contribution >= 4 is 18.1 Å². The summed E-state index contributed by atoms with van der Waals surface area (Å²) in [7, 11) is -4.63. The minimum Gasteiger partial charge on any atom is -0.366 e. The van der Waals surface area contributed by atoms with Crippen molar-refractivity contribution in [1.29, 1.82) is 0 Å². The summed E-state index contributed by atoms with van der Waals surface area (Å²) in [5.74, 6) is 0. The van der Waals surface area contributed by atoms with Crippen molar-refractivity contribution in [3.05, 3.63) is 24.5 Å². The molecule has 0 fully saturated rings. The van der Waals surface area contributed by atoms with Crippen molar-refractivity contribution in [3.8, 4) is 0 Å². The zero-order chi connectivity index (χ0) is 13.6. The second-order valence-electron chi connectivity index (χ2n) is 5.20. The average Bonchev–Trinajstić information content (AvgIpc) is 2.28. The van der Waals surface area contributed by atoms with Crippen molar-refractivity contribution in [3.63, 3.8) is 0 Å². The van der Waals surface area contributed by atoms with E-state index in [4.69, 9.17) is 4.74 Å². The van der Waals surface area contributed by atoms with Crippen molar-refractivity contribution < 1.29 is 13.2 Å². The molecule has 18 heavy (non-hydrogen) atoms. The largest absolute Gasteiger partial charge is 0.366 e. The van der Waals surface area contributed by atoms with Crippen LogP contribution in [0.1, 0.15) is 0 Å². The van der Waals surface area contributed by atoms with E-state index >= 15 is 0 Å². The molecule has 1 aromatic heterocycles. The normalized spacial score (nSPS) is 12.6. The highest BCUT2D eigenvalue weighted by Gasteiger charge is 2.14. The number of rotatable bonds is 7. The summed E-state index contributed by atoms with van der Waals surface area (Å²) in [6.07, 6.45) is 2.84. The Labute approximate surface area is 110 Å². The third-order valence-electron chi connectivity index (χ3n) is 2.29. The van der Waals surface area contributed by atoms with Gasteiger partial charge in [-0.05, 0) is 18.2 Å². The van der Waals surface area contributed by atoms with Gasteiger partial charge in [-0.1, -0.05) is 19.6 Å². The first kappa shape index (κ1) is 15.3. The van der Waals surface area contributed by atoms with E-state index in [1.165, 1.54) is 18.5 Å². The lowest BCUT2D eigenvalue weighted by atomic mass is 10.5. The molecule has 1 rings (SSSR count). The Hall–Kier alpha value is -0.763. The zero-order valence-corrected chi connectivity index (χ0v) is 12.8. The van der Waals surface area contributed by atoms with E-state index in [1.54, 1.807) is 6.07 Å². The van der Waals surface area contributed by atoms with E-state index in [1.807, 2.05) is 0 Å². The van der Waals surface area contributed by atoms with Gasteiger partial charge in [-0.25, -0.2) is 8.42 Å². The molecule has 0 bridgehead atoms.